The van der Waals surface area contributed by atoms with Gasteiger partial charge in [0.15, 0.2) is 11.9 Å². The maximum atomic E-state index is 6.47. The Balaban J connectivity index is 1.46. The van der Waals surface area contributed by atoms with Gasteiger partial charge in [0, 0.05) is 65.4 Å². The molecule has 2 aliphatic heterocycles. The Morgan fingerprint density at radius 2 is 2.14 bits per heavy atom. The quantitative estimate of drug-likeness (QED) is 0.535. The van der Waals surface area contributed by atoms with Crippen LogP contribution in [0.5, 0.6) is 5.75 Å². The lowest BCUT2D eigenvalue weighted by Crippen LogP contribution is -2.24. The number of hydrogen-bond acceptors (Lipinski definition) is 5. The number of fused-ring (bicyclic) bond motifs is 3. The lowest BCUT2D eigenvalue weighted by molar-refractivity contribution is 0.189. The number of halogens is 1. The monoisotopic (exact) mass is 392 g/mol. The van der Waals surface area contributed by atoms with E-state index in [-0.39, 0.29) is 6.10 Å². The summed E-state index contributed by atoms with van der Waals surface area (Å²) in [7, 11) is 0. The SMILES string of the molecule is Clc1cc2c(c(-c3ccnc4[nH]ccc34)c1)O[C@H](c1onc3c1CNCC3)C2. The Bertz CT molecular complexity index is 1210. The van der Waals surface area contributed by atoms with Gasteiger partial charge >= 0.3 is 0 Å². The highest BCUT2D eigenvalue weighted by atomic mass is 35.5. The second kappa shape index (κ2) is 6.09. The summed E-state index contributed by atoms with van der Waals surface area (Å²) in [6, 6.07) is 7.97. The fourth-order valence-corrected chi connectivity index (χ4v) is 4.52. The van der Waals surface area contributed by atoms with Gasteiger partial charge in [0.2, 0.25) is 0 Å². The molecular formula is C21H17ClN4O2. The van der Waals surface area contributed by atoms with Crippen molar-refractivity contribution in [1.82, 2.24) is 20.4 Å². The predicted molar refractivity (Wildman–Crippen MR) is 106 cm³/mol. The van der Waals surface area contributed by atoms with Crippen LogP contribution in [0, 0.1) is 0 Å². The van der Waals surface area contributed by atoms with Crippen molar-refractivity contribution in [2.24, 2.45) is 0 Å². The molecule has 2 aliphatic rings. The summed E-state index contributed by atoms with van der Waals surface area (Å²) in [6.07, 6.45) is 5.10. The first-order valence-corrected chi connectivity index (χ1v) is 9.75. The Kier molecular flexibility index (Phi) is 3.51. The van der Waals surface area contributed by atoms with Gasteiger partial charge in [-0.05, 0) is 29.8 Å². The van der Waals surface area contributed by atoms with E-state index in [2.05, 4.69) is 20.4 Å². The molecule has 140 valence electrons. The molecule has 0 bridgehead atoms. The molecule has 3 aromatic heterocycles. The van der Waals surface area contributed by atoms with Crippen molar-refractivity contribution in [2.75, 3.05) is 6.54 Å². The Hall–Kier alpha value is -2.83. The molecule has 4 aromatic rings. The van der Waals surface area contributed by atoms with Crippen molar-refractivity contribution in [3.05, 3.63) is 64.3 Å². The second-order valence-corrected chi connectivity index (χ2v) is 7.69. The van der Waals surface area contributed by atoms with Crippen molar-refractivity contribution in [3.8, 4) is 16.9 Å². The van der Waals surface area contributed by atoms with Crippen LogP contribution < -0.4 is 10.1 Å². The summed E-state index contributed by atoms with van der Waals surface area (Å²) >= 11 is 6.47. The molecule has 0 saturated carbocycles. The number of pyridine rings is 1. The fraction of sp³-hybridized carbons (Fsp3) is 0.238. The maximum Gasteiger partial charge on any atom is 0.182 e. The molecule has 0 aliphatic carbocycles. The van der Waals surface area contributed by atoms with Crippen LogP contribution in [0.4, 0.5) is 0 Å². The van der Waals surface area contributed by atoms with Gasteiger partial charge < -0.3 is 19.6 Å². The molecule has 2 N–H and O–H groups in total. The number of aromatic amines is 1. The van der Waals surface area contributed by atoms with Crippen molar-refractivity contribution >= 4 is 22.6 Å². The number of benzene rings is 1. The molecule has 28 heavy (non-hydrogen) atoms. The van der Waals surface area contributed by atoms with E-state index in [9.17, 15) is 0 Å². The van der Waals surface area contributed by atoms with Crippen LogP contribution in [0.25, 0.3) is 22.2 Å². The molecule has 6 rings (SSSR count). The number of nitrogens with one attached hydrogen (secondary N) is 2. The van der Waals surface area contributed by atoms with E-state index in [1.165, 1.54) is 0 Å². The van der Waals surface area contributed by atoms with Crippen LogP contribution in [0.2, 0.25) is 5.02 Å². The van der Waals surface area contributed by atoms with Crippen LogP contribution in [0.15, 0.2) is 41.2 Å². The minimum Gasteiger partial charge on any atom is -0.481 e. The van der Waals surface area contributed by atoms with Crippen molar-refractivity contribution in [3.63, 3.8) is 0 Å². The number of H-pyrrole nitrogens is 1. The molecule has 0 amide bonds. The standard InChI is InChI=1S/C21H17ClN4O2/c22-12-7-11-8-18(20-16-10-23-4-3-17(16)26-28-20)27-19(11)15(9-12)13-1-5-24-21-14(13)2-6-25-21/h1-2,5-7,9,18,23H,3-4,8,10H2,(H,24,25)/t18-/m0/s1. The third kappa shape index (κ3) is 2.38. The topological polar surface area (TPSA) is 76.0 Å². The molecule has 5 heterocycles. The van der Waals surface area contributed by atoms with Crippen LogP contribution in [-0.2, 0) is 19.4 Å². The minimum atomic E-state index is -0.188. The number of hydrogen-bond donors (Lipinski definition) is 2. The molecule has 6 nitrogen and oxygen atoms in total. The van der Waals surface area contributed by atoms with Crippen molar-refractivity contribution in [1.29, 1.82) is 0 Å². The van der Waals surface area contributed by atoms with E-state index < -0.39 is 0 Å². The van der Waals surface area contributed by atoms with Gasteiger partial charge in [-0.3, -0.25) is 0 Å². The lowest BCUT2D eigenvalue weighted by Gasteiger charge is -2.15. The average molecular weight is 393 g/mol. The first-order chi connectivity index (χ1) is 13.8. The number of nitrogens with zero attached hydrogens (tertiary/aromatic N) is 2. The summed E-state index contributed by atoms with van der Waals surface area (Å²) in [4.78, 5) is 7.55. The second-order valence-electron chi connectivity index (χ2n) is 7.25. The average Bonchev–Trinajstić information content (AvgIpc) is 3.43. The van der Waals surface area contributed by atoms with Gasteiger partial charge in [-0.25, -0.2) is 4.98 Å². The smallest absolute Gasteiger partial charge is 0.182 e. The van der Waals surface area contributed by atoms with E-state index in [0.29, 0.717) is 11.4 Å². The number of aromatic nitrogens is 3. The molecule has 7 heteroatoms. The van der Waals surface area contributed by atoms with E-state index in [0.717, 1.165) is 70.0 Å². The first kappa shape index (κ1) is 16.2. The van der Waals surface area contributed by atoms with Gasteiger partial charge in [0.05, 0.1) is 5.69 Å². The number of ether oxygens (including phenoxy) is 1. The van der Waals surface area contributed by atoms with Gasteiger partial charge in [-0.15, -0.1) is 0 Å². The first-order valence-electron chi connectivity index (χ1n) is 9.37. The lowest BCUT2D eigenvalue weighted by atomic mass is 9.98. The molecule has 0 radical (unpaired) electrons. The molecule has 0 saturated heterocycles. The normalized spacial score (nSPS) is 18.1. The maximum absolute atomic E-state index is 6.47. The summed E-state index contributed by atoms with van der Waals surface area (Å²) in [6.45, 7) is 1.70. The molecular weight excluding hydrogens is 376 g/mol. The molecule has 1 atom stereocenters. The fourth-order valence-electron chi connectivity index (χ4n) is 4.28. The van der Waals surface area contributed by atoms with Crippen molar-refractivity contribution < 1.29 is 9.26 Å². The zero-order valence-electron chi connectivity index (χ0n) is 15.0. The zero-order valence-corrected chi connectivity index (χ0v) is 15.7. The van der Waals surface area contributed by atoms with E-state index in [1.54, 1.807) is 6.20 Å². The Morgan fingerprint density at radius 1 is 1.18 bits per heavy atom. The largest absolute Gasteiger partial charge is 0.481 e. The number of rotatable bonds is 2. The highest BCUT2D eigenvalue weighted by Gasteiger charge is 2.34. The third-order valence-corrected chi connectivity index (χ3v) is 5.80. The van der Waals surface area contributed by atoms with Gasteiger partial charge in [-0.1, -0.05) is 16.8 Å². The summed E-state index contributed by atoms with van der Waals surface area (Å²) in [5.74, 6) is 1.68. The highest BCUT2D eigenvalue weighted by molar-refractivity contribution is 6.31. The van der Waals surface area contributed by atoms with E-state index in [1.807, 2.05) is 30.5 Å². The zero-order chi connectivity index (χ0) is 18.7. The van der Waals surface area contributed by atoms with Gasteiger partial charge in [-0.2, -0.15) is 0 Å². The molecule has 1 aromatic carbocycles. The van der Waals surface area contributed by atoms with Crippen LogP contribution >= 0.6 is 11.6 Å². The van der Waals surface area contributed by atoms with E-state index >= 15 is 0 Å². The van der Waals surface area contributed by atoms with Crippen LogP contribution in [0.1, 0.15) is 28.7 Å². The Labute approximate surface area is 165 Å². The third-order valence-electron chi connectivity index (χ3n) is 5.58. The highest BCUT2D eigenvalue weighted by Crippen LogP contribution is 2.47. The summed E-state index contributed by atoms with van der Waals surface area (Å²) in [5, 5.41) is 9.39. The molecule has 0 spiro atoms. The molecule has 0 fully saturated rings. The van der Waals surface area contributed by atoms with Crippen LogP contribution in [0.3, 0.4) is 0 Å². The van der Waals surface area contributed by atoms with Crippen molar-refractivity contribution in [2.45, 2.75) is 25.5 Å². The minimum absolute atomic E-state index is 0.188. The predicted octanol–water partition coefficient (Wildman–Crippen LogP) is 4.19. The summed E-state index contributed by atoms with van der Waals surface area (Å²) in [5.41, 5.74) is 6.12. The van der Waals surface area contributed by atoms with Crippen LogP contribution in [-0.4, -0.2) is 21.7 Å². The van der Waals surface area contributed by atoms with E-state index in [4.69, 9.17) is 20.9 Å². The summed E-state index contributed by atoms with van der Waals surface area (Å²) < 4.78 is 12.1. The molecule has 0 unspecified atom stereocenters. The van der Waals surface area contributed by atoms with Gasteiger partial charge in [0.1, 0.15) is 11.4 Å². The Morgan fingerprint density at radius 3 is 3.11 bits per heavy atom. The van der Waals surface area contributed by atoms with Gasteiger partial charge in [0.25, 0.3) is 0 Å².